The lowest BCUT2D eigenvalue weighted by Crippen LogP contribution is -1.86. The zero-order chi connectivity index (χ0) is 13.4. The van der Waals surface area contributed by atoms with Crippen LogP contribution in [0.2, 0.25) is 5.02 Å². The number of nitrogens with zero attached hydrogens (tertiary/aromatic N) is 1. The zero-order valence-electron chi connectivity index (χ0n) is 10.3. The third-order valence-corrected chi connectivity index (χ3v) is 3.31. The lowest BCUT2D eigenvalue weighted by molar-refractivity contribution is 0.415. The van der Waals surface area contributed by atoms with Crippen molar-refractivity contribution < 1.29 is 4.74 Å². The van der Waals surface area contributed by atoms with Gasteiger partial charge in [-0.2, -0.15) is 5.10 Å². The summed E-state index contributed by atoms with van der Waals surface area (Å²) in [5, 5.41) is 8.83. The van der Waals surface area contributed by atoms with Crippen LogP contribution >= 0.6 is 11.6 Å². The average molecular weight is 274 g/mol. The van der Waals surface area contributed by atoms with Gasteiger partial charge in [-0.05, 0) is 36.4 Å². The van der Waals surface area contributed by atoms with Crippen molar-refractivity contribution in [2.45, 2.75) is 0 Å². The van der Waals surface area contributed by atoms with Crippen LogP contribution in [0.15, 0.2) is 36.4 Å². The van der Waals surface area contributed by atoms with Crippen molar-refractivity contribution in [3.8, 4) is 17.0 Å². The van der Waals surface area contributed by atoms with Crippen LogP contribution in [-0.2, 0) is 0 Å². The number of hydrogen-bond donors (Lipinski definition) is 2. The maximum atomic E-state index is 6.14. The number of methoxy groups -OCH3 is 1. The van der Waals surface area contributed by atoms with Crippen LogP contribution in [0.3, 0.4) is 0 Å². The molecule has 0 aliphatic rings. The van der Waals surface area contributed by atoms with Gasteiger partial charge in [-0.25, -0.2) is 0 Å². The van der Waals surface area contributed by atoms with Gasteiger partial charge in [-0.1, -0.05) is 11.6 Å². The van der Waals surface area contributed by atoms with Gasteiger partial charge >= 0.3 is 0 Å². The smallest absolute Gasteiger partial charge is 0.137 e. The van der Waals surface area contributed by atoms with Crippen LogP contribution in [0, 0.1) is 0 Å². The Hall–Kier alpha value is -2.20. The van der Waals surface area contributed by atoms with E-state index in [1.165, 1.54) is 0 Å². The van der Waals surface area contributed by atoms with Crippen LogP contribution < -0.4 is 10.5 Å². The highest BCUT2D eigenvalue weighted by atomic mass is 35.5. The molecular formula is C14H12ClN3O. The van der Waals surface area contributed by atoms with Gasteiger partial charge in [0, 0.05) is 16.6 Å². The topological polar surface area (TPSA) is 63.9 Å². The Morgan fingerprint density at radius 3 is 2.79 bits per heavy atom. The fourth-order valence-corrected chi connectivity index (χ4v) is 2.32. The highest BCUT2D eigenvalue weighted by Crippen LogP contribution is 2.33. The molecule has 2 aromatic carbocycles. The molecule has 3 rings (SSSR count). The molecule has 0 aliphatic carbocycles. The van der Waals surface area contributed by atoms with E-state index in [2.05, 4.69) is 10.2 Å². The lowest BCUT2D eigenvalue weighted by Gasteiger charge is -2.04. The molecule has 0 saturated carbocycles. The minimum atomic E-state index is 0.556. The van der Waals surface area contributed by atoms with E-state index in [0.717, 1.165) is 22.2 Å². The van der Waals surface area contributed by atoms with Crippen molar-refractivity contribution in [3.63, 3.8) is 0 Å². The molecule has 4 nitrogen and oxygen atoms in total. The van der Waals surface area contributed by atoms with Gasteiger partial charge in [0.25, 0.3) is 0 Å². The van der Waals surface area contributed by atoms with Crippen molar-refractivity contribution in [1.29, 1.82) is 0 Å². The minimum Gasteiger partial charge on any atom is -0.495 e. The summed E-state index contributed by atoms with van der Waals surface area (Å²) in [7, 11) is 1.59. The molecule has 1 aromatic heterocycles. The zero-order valence-corrected chi connectivity index (χ0v) is 11.0. The molecule has 0 saturated heterocycles. The summed E-state index contributed by atoms with van der Waals surface area (Å²) in [5.74, 6) is 0.643. The first-order valence-corrected chi connectivity index (χ1v) is 6.14. The SMILES string of the molecule is COc1ccc(-c2n[nH]c3ccc(N)cc23)cc1Cl. The van der Waals surface area contributed by atoms with Gasteiger partial charge in [-0.3, -0.25) is 5.10 Å². The van der Waals surface area contributed by atoms with Crippen molar-refractivity contribution in [1.82, 2.24) is 10.2 Å². The van der Waals surface area contributed by atoms with E-state index in [1.54, 1.807) is 7.11 Å². The molecular weight excluding hydrogens is 262 g/mol. The average Bonchev–Trinajstić information content (AvgIpc) is 2.81. The molecule has 3 aromatic rings. The Morgan fingerprint density at radius 2 is 2.05 bits per heavy atom. The third kappa shape index (κ3) is 2.00. The molecule has 0 aliphatic heterocycles. The number of aromatic nitrogens is 2. The second-order valence-electron chi connectivity index (χ2n) is 4.23. The number of nitrogen functional groups attached to an aromatic ring is 1. The quantitative estimate of drug-likeness (QED) is 0.703. The van der Waals surface area contributed by atoms with E-state index < -0.39 is 0 Å². The fourth-order valence-electron chi connectivity index (χ4n) is 2.07. The molecule has 3 N–H and O–H groups in total. The highest BCUT2D eigenvalue weighted by Gasteiger charge is 2.10. The van der Waals surface area contributed by atoms with Gasteiger partial charge in [0.2, 0.25) is 0 Å². The second kappa shape index (κ2) is 4.48. The molecule has 0 unspecified atom stereocenters. The highest BCUT2D eigenvalue weighted by molar-refractivity contribution is 6.32. The number of nitrogens with two attached hydrogens (primary N) is 1. The molecule has 0 fully saturated rings. The standard InChI is InChI=1S/C14H12ClN3O/c1-19-13-5-2-8(6-11(13)15)14-10-7-9(16)3-4-12(10)17-18-14/h2-7H,16H2,1H3,(H,17,18). The summed E-state index contributed by atoms with van der Waals surface area (Å²) in [6.07, 6.45) is 0. The third-order valence-electron chi connectivity index (χ3n) is 3.01. The predicted octanol–water partition coefficient (Wildman–Crippen LogP) is 3.47. The van der Waals surface area contributed by atoms with Crippen LogP contribution in [-0.4, -0.2) is 17.3 Å². The number of nitrogens with one attached hydrogen (secondary N) is 1. The molecule has 0 spiro atoms. The number of fused-ring (bicyclic) bond motifs is 1. The van der Waals surface area contributed by atoms with Gasteiger partial charge in [-0.15, -0.1) is 0 Å². The number of halogens is 1. The summed E-state index contributed by atoms with van der Waals surface area (Å²) in [6.45, 7) is 0. The number of benzene rings is 2. The van der Waals surface area contributed by atoms with E-state index >= 15 is 0 Å². The van der Waals surface area contributed by atoms with E-state index in [4.69, 9.17) is 22.1 Å². The van der Waals surface area contributed by atoms with Crippen molar-refractivity contribution in [2.24, 2.45) is 0 Å². The Labute approximate surface area is 115 Å². The molecule has 5 heteroatoms. The predicted molar refractivity (Wildman–Crippen MR) is 77.5 cm³/mol. The van der Waals surface area contributed by atoms with Crippen LogP contribution in [0.4, 0.5) is 5.69 Å². The first kappa shape index (κ1) is 11.9. The van der Waals surface area contributed by atoms with Gasteiger partial charge in [0.1, 0.15) is 11.4 Å². The number of H-pyrrole nitrogens is 1. The van der Waals surface area contributed by atoms with Crippen molar-refractivity contribution in [2.75, 3.05) is 12.8 Å². The Balaban J connectivity index is 2.18. The Morgan fingerprint density at radius 1 is 1.21 bits per heavy atom. The lowest BCUT2D eigenvalue weighted by atomic mass is 10.1. The maximum Gasteiger partial charge on any atom is 0.137 e. The molecule has 19 heavy (non-hydrogen) atoms. The van der Waals surface area contributed by atoms with Gasteiger partial charge < -0.3 is 10.5 Å². The van der Waals surface area contributed by atoms with Crippen molar-refractivity contribution >= 4 is 28.2 Å². The van der Waals surface area contributed by atoms with Gasteiger partial charge in [0.05, 0.1) is 17.6 Å². The number of aromatic amines is 1. The van der Waals surface area contributed by atoms with Crippen LogP contribution in [0.25, 0.3) is 22.2 Å². The van der Waals surface area contributed by atoms with E-state index in [9.17, 15) is 0 Å². The number of ether oxygens (including phenoxy) is 1. The summed E-state index contributed by atoms with van der Waals surface area (Å²) < 4.78 is 5.14. The summed E-state index contributed by atoms with van der Waals surface area (Å²) in [5.41, 5.74) is 9.21. The summed E-state index contributed by atoms with van der Waals surface area (Å²) >= 11 is 6.14. The molecule has 0 atom stereocenters. The normalized spacial score (nSPS) is 10.8. The second-order valence-corrected chi connectivity index (χ2v) is 4.63. The molecule has 0 amide bonds. The molecule has 0 bridgehead atoms. The monoisotopic (exact) mass is 273 g/mol. The van der Waals surface area contributed by atoms with E-state index in [0.29, 0.717) is 16.5 Å². The molecule has 96 valence electrons. The Bertz CT molecular complexity index is 752. The van der Waals surface area contributed by atoms with E-state index in [1.807, 2.05) is 36.4 Å². The first-order chi connectivity index (χ1) is 9.19. The van der Waals surface area contributed by atoms with E-state index in [-0.39, 0.29) is 0 Å². The maximum absolute atomic E-state index is 6.14. The number of rotatable bonds is 2. The fraction of sp³-hybridized carbons (Fsp3) is 0.0714. The minimum absolute atomic E-state index is 0.556. The molecule has 1 heterocycles. The summed E-state index contributed by atoms with van der Waals surface area (Å²) in [6, 6.07) is 11.2. The number of hydrogen-bond acceptors (Lipinski definition) is 3. The van der Waals surface area contributed by atoms with Crippen molar-refractivity contribution in [3.05, 3.63) is 41.4 Å². The van der Waals surface area contributed by atoms with Crippen LogP contribution in [0.5, 0.6) is 5.75 Å². The summed E-state index contributed by atoms with van der Waals surface area (Å²) in [4.78, 5) is 0. The Kier molecular flexibility index (Phi) is 2.80. The number of anilines is 1. The van der Waals surface area contributed by atoms with Crippen LogP contribution in [0.1, 0.15) is 0 Å². The largest absolute Gasteiger partial charge is 0.495 e. The van der Waals surface area contributed by atoms with Gasteiger partial charge in [0.15, 0.2) is 0 Å². The first-order valence-electron chi connectivity index (χ1n) is 5.76. The molecule has 0 radical (unpaired) electrons.